The first-order valence-corrected chi connectivity index (χ1v) is 8.15. The molecule has 0 spiro atoms. The number of rotatable bonds is 10. The molecule has 1 aromatic heterocycles. The lowest BCUT2D eigenvalue weighted by Gasteiger charge is -2.31. The third-order valence-electron chi connectivity index (χ3n) is 3.71. The van der Waals surface area contributed by atoms with Crippen molar-refractivity contribution in [2.75, 3.05) is 24.6 Å². The van der Waals surface area contributed by atoms with Crippen molar-refractivity contribution in [2.45, 2.75) is 53.1 Å². The molecule has 1 rings (SSSR count). The van der Waals surface area contributed by atoms with Gasteiger partial charge >= 0.3 is 0 Å². The summed E-state index contributed by atoms with van der Waals surface area (Å²) in [6, 6.07) is 4.64. The molecule has 0 radical (unpaired) electrons. The molecular formula is C17H31N3O. The van der Waals surface area contributed by atoms with Crippen molar-refractivity contribution in [3.63, 3.8) is 0 Å². The molecule has 0 saturated heterocycles. The van der Waals surface area contributed by atoms with Gasteiger partial charge in [-0.2, -0.15) is 0 Å². The lowest BCUT2D eigenvalue weighted by atomic mass is 10.1. The molecule has 0 amide bonds. The normalized spacial score (nSPS) is 11.4. The van der Waals surface area contributed by atoms with E-state index in [0.717, 1.165) is 31.7 Å². The summed E-state index contributed by atoms with van der Waals surface area (Å²) >= 11 is 0. The fourth-order valence-electron chi connectivity index (χ4n) is 2.52. The SMILES string of the molecule is CCC(CC)N(CCO)c1ccc(CNCC(C)C)cn1. The van der Waals surface area contributed by atoms with Crippen LogP contribution in [0.5, 0.6) is 0 Å². The van der Waals surface area contributed by atoms with Crippen LogP contribution in [0.4, 0.5) is 5.82 Å². The molecule has 0 unspecified atom stereocenters. The molecular weight excluding hydrogens is 262 g/mol. The summed E-state index contributed by atoms with van der Waals surface area (Å²) in [6.07, 6.45) is 4.07. The molecule has 0 bridgehead atoms. The Morgan fingerprint density at radius 2 is 1.95 bits per heavy atom. The predicted molar refractivity (Wildman–Crippen MR) is 89.6 cm³/mol. The average molecular weight is 293 g/mol. The maximum Gasteiger partial charge on any atom is 0.128 e. The molecule has 4 nitrogen and oxygen atoms in total. The van der Waals surface area contributed by atoms with Gasteiger partial charge in [-0.05, 0) is 36.9 Å². The summed E-state index contributed by atoms with van der Waals surface area (Å²) in [5, 5.41) is 12.7. The molecule has 120 valence electrons. The molecule has 0 aliphatic carbocycles. The summed E-state index contributed by atoms with van der Waals surface area (Å²) < 4.78 is 0. The number of hydrogen-bond acceptors (Lipinski definition) is 4. The van der Waals surface area contributed by atoms with Crippen LogP contribution in [0.3, 0.4) is 0 Å². The van der Waals surface area contributed by atoms with Gasteiger partial charge in [0.25, 0.3) is 0 Å². The van der Waals surface area contributed by atoms with Crippen molar-refractivity contribution in [3.05, 3.63) is 23.9 Å². The Bertz CT molecular complexity index is 374. The number of aliphatic hydroxyl groups is 1. The first-order valence-electron chi connectivity index (χ1n) is 8.15. The van der Waals surface area contributed by atoms with Crippen LogP contribution in [0.25, 0.3) is 0 Å². The lowest BCUT2D eigenvalue weighted by Crippen LogP contribution is -2.37. The van der Waals surface area contributed by atoms with Crippen LogP contribution in [0.15, 0.2) is 18.3 Å². The van der Waals surface area contributed by atoms with E-state index in [1.165, 1.54) is 5.56 Å². The van der Waals surface area contributed by atoms with Crippen molar-refractivity contribution in [2.24, 2.45) is 5.92 Å². The van der Waals surface area contributed by atoms with Crippen molar-refractivity contribution in [1.82, 2.24) is 10.3 Å². The van der Waals surface area contributed by atoms with Crippen LogP contribution in [0.1, 0.15) is 46.1 Å². The standard InChI is InChI=1S/C17H31N3O/c1-5-16(6-2)20(9-10-21)17-8-7-15(13-19-17)12-18-11-14(3)4/h7-8,13-14,16,18,21H,5-6,9-12H2,1-4H3. The Balaban J connectivity index is 2.68. The van der Waals surface area contributed by atoms with Gasteiger partial charge in [0.15, 0.2) is 0 Å². The maximum atomic E-state index is 9.28. The highest BCUT2D eigenvalue weighted by molar-refractivity contribution is 5.40. The minimum atomic E-state index is 0.163. The Labute approximate surface area is 129 Å². The zero-order valence-corrected chi connectivity index (χ0v) is 14.0. The monoisotopic (exact) mass is 293 g/mol. The highest BCUT2D eigenvalue weighted by Crippen LogP contribution is 2.18. The van der Waals surface area contributed by atoms with Crippen molar-refractivity contribution < 1.29 is 5.11 Å². The van der Waals surface area contributed by atoms with Crippen LogP contribution in [0.2, 0.25) is 0 Å². The Kier molecular flexibility index (Phi) is 8.31. The summed E-state index contributed by atoms with van der Waals surface area (Å²) in [5.74, 6) is 1.62. The molecule has 0 aromatic carbocycles. The Morgan fingerprint density at radius 1 is 1.24 bits per heavy atom. The zero-order valence-electron chi connectivity index (χ0n) is 14.0. The van der Waals surface area contributed by atoms with Gasteiger partial charge in [0.2, 0.25) is 0 Å². The van der Waals surface area contributed by atoms with Crippen LogP contribution in [-0.4, -0.2) is 35.8 Å². The number of nitrogens with zero attached hydrogens (tertiary/aromatic N) is 2. The van der Waals surface area contributed by atoms with Crippen LogP contribution in [0, 0.1) is 5.92 Å². The smallest absolute Gasteiger partial charge is 0.128 e. The fraction of sp³-hybridized carbons (Fsp3) is 0.706. The lowest BCUT2D eigenvalue weighted by molar-refractivity contribution is 0.295. The van der Waals surface area contributed by atoms with Crippen LogP contribution < -0.4 is 10.2 Å². The quantitative estimate of drug-likeness (QED) is 0.696. The van der Waals surface area contributed by atoms with Gasteiger partial charge in [-0.25, -0.2) is 4.98 Å². The molecule has 2 N–H and O–H groups in total. The number of nitrogens with one attached hydrogen (secondary N) is 1. The molecule has 0 saturated carbocycles. The van der Waals surface area contributed by atoms with Crippen molar-refractivity contribution >= 4 is 5.82 Å². The molecule has 21 heavy (non-hydrogen) atoms. The summed E-state index contributed by atoms with van der Waals surface area (Å²) in [6.45, 7) is 11.5. The third-order valence-corrected chi connectivity index (χ3v) is 3.71. The van der Waals surface area contributed by atoms with E-state index in [2.05, 4.69) is 55.0 Å². The van der Waals surface area contributed by atoms with Crippen LogP contribution in [-0.2, 0) is 6.54 Å². The molecule has 4 heteroatoms. The minimum absolute atomic E-state index is 0.163. The number of aromatic nitrogens is 1. The first kappa shape index (κ1) is 17.9. The minimum Gasteiger partial charge on any atom is -0.395 e. The molecule has 0 aliphatic rings. The molecule has 0 atom stereocenters. The number of pyridine rings is 1. The van der Waals surface area contributed by atoms with E-state index in [0.29, 0.717) is 18.5 Å². The topological polar surface area (TPSA) is 48.4 Å². The summed E-state index contributed by atoms with van der Waals surface area (Å²) in [4.78, 5) is 6.80. The highest BCUT2D eigenvalue weighted by Gasteiger charge is 2.16. The van der Waals surface area contributed by atoms with Gasteiger partial charge in [-0.3, -0.25) is 0 Å². The number of hydrogen-bond donors (Lipinski definition) is 2. The van der Waals surface area contributed by atoms with E-state index in [1.807, 2.05) is 6.20 Å². The van der Waals surface area contributed by atoms with Crippen LogP contribution >= 0.6 is 0 Å². The maximum absolute atomic E-state index is 9.28. The van der Waals surface area contributed by atoms with Crippen molar-refractivity contribution in [1.29, 1.82) is 0 Å². The molecule has 1 heterocycles. The summed E-state index contributed by atoms with van der Waals surface area (Å²) in [5.41, 5.74) is 1.20. The molecule has 0 aliphatic heterocycles. The van der Waals surface area contributed by atoms with Gasteiger partial charge in [0.1, 0.15) is 5.82 Å². The highest BCUT2D eigenvalue weighted by atomic mass is 16.3. The van der Waals surface area contributed by atoms with Gasteiger partial charge in [0.05, 0.1) is 6.61 Å². The van der Waals surface area contributed by atoms with E-state index in [9.17, 15) is 5.11 Å². The second-order valence-electron chi connectivity index (χ2n) is 5.94. The van der Waals surface area contributed by atoms with E-state index in [1.54, 1.807) is 0 Å². The third kappa shape index (κ3) is 6.02. The zero-order chi connectivity index (χ0) is 15.7. The Hall–Kier alpha value is -1.13. The van der Waals surface area contributed by atoms with Gasteiger partial charge in [-0.15, -0.1) is 0 Å². The summed E-state index contributed by atoms with van der Waals surface area (Å²) in [7, 11) is 0. The fourth-order valence-corrected chi connectivity index (χ4v) is 2.52. The van der Waals surface area contributed by atoms with Crippen molar-refractivity contribution in [3.8, 4) is 0 Å². The molecule has 1 aromatic rings. The largest absolute Gasteiger partial charge is 0.395 e. The Morgan fingerprint density at radius 3 is 2.43 bits per heavy atom. The number of anilines is 1. The second-order valence-corrected chi connectivity index (χ2v) is 5.94. The second kappa shape index (κ2) is 9.74. The van der Waals surface area contributed by atoms with Gasteiger partial charge < -0.3 is 15.3 Å². The van der Waals surface area contributed by atoms with E-state index in [-0.39, 0.29) is 6.61 Å². The molecule has 0 fully saturated rings. The van der Waals surface area contributed by atoms with Gasteiger partial charge in [-0.1, -0.05) is 33.8 Å². The number of aliphatic hydroxyl groups excluding tert-OH is 1. The van der Waals surface area contributed by atoms with E-state index in [4.69, 9.17) is 0 Å². The van der Waals surface area contributed by atoms with E-state index >= 15 is 0 Å². The first-order chi connectivity index (χ1) is 10.1. The predicted octanol–water partition coefficient (Wildman–Crippen LogP) is 2.81. The van der Waals surface area contributed by atoms with Gasteiger partial charge in [0, 0.05) is 25.3 Å². The average Bonchev–Trinajstić information content (AvgIpc) is 2.48. The van der Waals surface area contributed by atoms with E-state index < -0.39 is 0 Å².